The first kappa shape index (κ1) is 8.71. The molecule has 0 amide bonds. The Bertz CT molecular complexity index is 308. The average molecular weight is 168 g/mol. The monoisotopic (exact) mass is 168 g/mol. The zero-order valence-corrected chi connectivity index (χ0v) is 6.93. The van der Waals surface area contributed by atoms with Gasteiger partial charge in [-0.15, -0.1) is 0 Å². The van der Waals surface area contributed by atoms with Gasteiger partial charge in [-0.1, -0.05) is 0 Å². The van der Waals surface area contributed by atoms with Crippen LogP contribution < -0.4 is 4.74 Å². The Morgan fingerprint density at radius 2 is 2.17 bits per heavy atom. The quantitative estimate of drug-likeness (QED) is 0.631. The summed E-state index contributed by atoms with van der Waals surface area (Å²) in [5.74, 6) is 0.0156. The van der Waals surface area contributed by atoms with Crippen LogP contribution in [0.15, 0.2) is 12.1 Å². The van der Waals surface area contributed by atoms with E-state index in [4.69, 9.17) is 4.74 Å². The highest BCUT2D eigenvalue weighted by Gasteiger charge is 2.08. The fourth-order valence-corrected chi connectivity index (χ4v) is 1.04. The van der Waals surface area contributed by atoms with E-state index in [1.807, 2.05) is 0 Å². The van der Waals surface area contributed by atoms with Gasteiger partial charge in [0, 0.05) is 5.56 Å². The molecule has 0 heterocycles. The van der Waals surface area contributed by atoms with E-state index in [0.29, 0.717) is 17.6 Å². The summed E-state index contributed by atoms with van der Waals surface area (Å²) in [6, 6.07) is 2.72. The summed E-state index contributed by atoms with van der Waals surface area (Å²) < 4.78 is 17.8. The molecule has 3 heteroatoms. The molecule has 1 aromatic rings. The molecular weight excluding hydrogens is 159 g/mol. The minimum atomic E-state index is -0.511. The number of methoxy groups -OCH3 is 1. The fourth-order valence-electron chi connectivity index (χ4n) is 1.04. The summed E-state index contributed by atoms with van der Waals surface area (Å²) in [5, 5.41) is 0. The second-order valence-electron chi connectivity index (χ2n) is 2.41. The smallest absolute Gasteiger partial charge is 0.153 e. The van der Waals surface area contributed by atoms with Gasteiger partial charge in [0.25, 0.3) is 0 Å². The van der Waals surface area contributed by atoms with Crippen molar-refractivity contribution < 1.29 is 13.9 Å². The molecule has 0 N–H and O–H groups in total. The molecule has 1 aromatic carbocycles. The van der Waals surface area contributed by atoms with Gasteiger partial charge >= 0.3 is 0 Å². The number of halogens is 1. The van der Waals surface area contributed by atoms with Gasteiger partial charge in [-0.3, -0.25) is 4.79 Å². The highest BCUT2D eigenvalue weighted by atomic mass is 19.1. The van der Waals surface area contributed by atoms with Crippen LogP contribution in [0, 0.1) is 12.7 Å². The van der Waals surface area contributed by atoms with E-state index in [2.05, 4.69) is 0 Å². The van der Waals surface area contributed by atoms with Crippen molar-refractivity contribution in [3.05, 3.63) is 29.1 Å². The highest BCUT2D eigenvalue weighted by molar-refractivity contribution is 5.78. The lowest BCUT2D eigenvalue weighted by Crippen LogP contribution is -1.95. The van der Waals surface area contributed by atoms with E-state index in [1.165, 1.54) is 19.2 Å². The van der Waals surface area contributed by atoms with Crippen molar-refractivity contribution in [3.8, 4) is 5.75 Å². The van der Waals surface area contributed by atoms with Crippen molar-refractivity contribution in [1.82, 2.24) is 0 Å². The number of carbonyl (C=O) groups excluding carboxylic acids is 1. The van der Waals surface area contributed by atoms with Crippen LogP contribution in [-0.4, -0.2) is 13.4 Å². The van der Waals surface area contributed by atoms with Crippen molar-refractivity contribution >= 4 is 6.29 Å². The van der Waals surface area contributed by atoms with Gasteiger partial charge in [-0.25, -0.2) is 4.39 Å². The molecule has 1 rings (SSSR count). The molecule has 0 aliphatic rings. The summed E-state index contributed by atoms with van der Waals surface area (Å²) in [6.07, 6.45) is 0.493. The van der Waals surface area contributed by atoms with E-state index >= 15 is 0 Å². The van der Waals surface area contributed by atoms with Crippen LogP contribution in [0.1, 0.15) is 15.9 Å². The molecule has 0 aliphatic carbocycles. The van der Waals surface area contributed by atoms with Crippen LogP contribution in [-0.2, 0) is 0 Å². The van der Waals surface area contributed by atoms with Crippen molar-refractivity contribution in [2.45, 2.75) is 6.92 Å². The minimum absolute atomic E-state index is 0.0642. The largest absolute Gasteiger partial charge is 0.496 e. The first-order valence-corrected chi connectivity index (χ1v) is 3.49. The summed E-state index contributed by atoms with van der Waals surface area (Å²) in [4.78, 5) is 10.4. The zero-order valence-electron chi connectivity index (χ0n) is 6.93. The molecule has 0 saturated carbocycles. The fraction of sp³-hybridized carbons (Fsp3) is 0.222. The molecular formula is C9H9FO2. The Labute approximate surface area is 70.0 Å². The molecule has 12 heavy (non-hydrogen) atoms. The Morgan fingerprint density at radius 1 is 1.50 bits per heavy atom. The Morgan fingerprint density at radius 3 is 2.67 bits per heavy atom. The van der Waals surface area contributed by atoms with Crippen molar-refractivity contribution in [3.63, 3.8) is 0 Å². The molecule has 0 aliphatic heterocycles. The maximum absolute atomic E-state index is 12.9. The lowest BCUT2D eigenvalue weighted by atomic mass is 10.1. The molecule has 0 radical (unpaired) electrons. The summed E-state index contributed by atoms with van der Waals surface area (Å²) in [7, 11) is 1.48. The number of aldehydes is 1. The zero-order chi connectivity index (χ0) is 9.14. The van der Waals surface area contributed by atoms with Gasteiger partial charge < -0.3 is 4.74 Å². The van der Waals surface area contributed by atoms with Gasteiger partial charge in [0.05, 0.1) is 12.7 Å². The van der Waals surface area contributed by atoms with E-state index < -0.39 is 5.82 Å². The second-order valence-corrected chi connectivity index (χ2v) is 2.41. The molecule has 2 nitrogen and oxygen atoms in total. The molecule has 0 spiro atoms. The van der Waals surface area contributed by atoms with Crippen LogP contribution in [0.25, 0.3) is 0 Å². The number of carbonyl (C=O) groups is 1. The third-order valence-electron chi connectivity index (χ3n) is 1.75. The van der Waals surface area contributed by atoms with E-state index in [9.17, 15) is 9.18 Å². The number of rotatable bonds is 2. The molecule has 0 fully saturated rings. The number of hydrogen-bond acceptors (Lipinski definition) is 2. The minimum Gasteiger partial charge on any atom is -0.496 e. The molecule has 0 saturated heterocycles. The number of hydrogen-bond donors (Lipinski definition) is 0. The van der Waals surface area contributed by atoms with Gasteiger partial charge in [-0.05, 0) is 19.1 Å². The van der Waals surface area contributed by atoms with E-state index in [-0.39, 0.29) is 5.56 Å². The molecule has 0 unspecified atom stereocenters. The number of benzene rings is 1. The maximum atomic E-state index is 12.9. The Kier molecular flexibility index (Phi) is 2.43. The van der Waals surface area contributed by atoms with Gasteiger partial charge in [0.15, 0.2) is 6.29 Å². The SMILES string of the molecule is COc1ccc(F)c(C=O)c1C. The predicted molar refractivity (Wildman–Crippen MR) is 43.1 cm³/mol. The molecule has 0 aromatic heterocycles. The second kappa shape index (κ2) is 3.34. The van der Waals surface area contributed by atoms with Crippen LogP contribution in [0.5, 0.6) is 5.75 Å². The molecule has 0 atom stereocenters. The van der Waals surface area contributed by atoms with Gasteiger partial charge in [-0.2, -0.15) is 0 Å². The average Bonchev–Trinajstić information content (AvgIpc) is 2.06. The molecule has 64 valence electrons. The number of ether oxygens (including phenoxy) is 1. The van der Waals surface area contributed by atoms with Crippen molar-refractivity contribution in [2.75, 3.05) is 7.11 Å². The summed E-state index contributed by atoms with van der Waals surface area (Å²) in [5.41, 5.74) is 0.599. The Balaban J connectivity index is 3.33. The molecule has 0 bridgehead atoms. The topological polar surface area (TPSA) is 26.3 Å². The van der Waals surface area contributed by atoms with Gasteiger partial charge in [0.2, 0.25) is 0 Å². The van der Waals surface area contributed by atoms with Crippen LogP contribution in [0.3, 0.4) is 0 Å². The first-order chi connectivity index (χ1) is 5.70. The van der Waals surface area contributed by atoms with E-state index in [1.54, 1.807) is 6.92 Å². The van der Waals surface area contributed by atoms with Crippen LogP contribution >= 0.6 is 0 Å². The summed E-state index contributed by atoms with van der Waals surface area (Å²) in [6.45, 7) is 1.64. The maximum Gasteiger partial charge on any atom is 0.153 e. The van der Waals surface area contributed by atoms with Crippen molar-refractivity contribution in [1.29, 1.82) is 0 Å². The highest BCUT2D eigenvalue weighted by Crippen LogP contribution is 2.21. The van der Waals surface area contributed by atoms with Crippen molar-refractivity contribution in [2.24, 2.45) is 0 Å². The predicted octanol–water partition coefficient (Wildman–Crippen LogP) is 1.96. The van der Waals surface area contributed by atoms with Crippen LogP contribution in [0.2, 0.25) is 0 Å². The first-order valence-electron chi connectivity index (χ1n) is 3.49. The van der Waals surface area contributed by atoms with Gasteiger partial charge in [0.1, 0.15) is 11.6 Å². The summed E-state index contributed by atoms with van der Waals surface area (Å²) >= 11 is 0. The van der Waals surface area contributed by atoms with Crippen LogP contribution in [0.4, 0.5) is 4.39 Å². The third kappa shape index (κ3) is 1.30. The normalized spacial score (nSPS) is 9.58. The lowest BCUT2D eigenvalue weighted by molar-refractivity contribution is 0.111. The lowest BCUT2D eigenvalue weighted by Gasteiger charge is -2.06. The standard InChI is InChI=1S/C9H9FO2/c1-6-7(5-11)8(10)3-4-9(6)12-2/h3-5H,1-2H3. The van der Waals surface area contributed by atoms with E-state index in [0.717, 1.165) is 0 Å². The third-order valence-corrected chi connectivity index (χ3v) is 1.75. The Hall–Kier alpha value is -1.38.